The largest absolute Gasteiger partial charge is 0.493 e. The second-order valence-electron chi connectivity index (χ2n) is 14.3. The third-order valence-corrected chi connectivity index (χ3v) is 11.0. The third-order valence-electron chi connectivity index (χ3n) is 11.0. The Morgan fingerprint density at radius 2 is 0.921 bits per heavy atom. The van der Waals surface area contributed by atoms with Crippen LogP contribution in [0.4, 0.5) is 0 Å². The molecule has 8 fully saturated rings. The Bertz CT molecular complexity index is 829. The SMILES string of the molecule is OCc1cc(OCCCOC23CC4CC(CC(C4)C2)C3)cc(OCCCOC23CC4CC(CC(C4)C2)C3)c1. The van der Waals surface area contributed by atoms with Crippen LogP contribution in [0, 0.1) is 35.5 Å². The minimum absolute atomic E-state index is 0.0160. The molecular weight excluding hydrogens is 476 g/mol. The Labute approximate surface area is 228 Å². The van der Waals surface area contributed by atoms with Crippen molar-refractivity contribution in [1.29, 1.82) is 0 Å². The molecule has 0 spiro atoms. The molecule has 0 saturated heterocycles. The van der Waals surface area contributed by atoms with E-state index in [2.05, 4.69) is 0 Å². The molecule has 38 heavy (non-hydrogen) atoms. The van der Waals surface area contributed by atoms with E-state index in [-0.39, 0.29) is 17.8 Å². The standard InChI is InChI=1S/C33H48O5/c34-22-29-13-30(35-3-1-5-37-32-16-23-7-24(17-32)9-25(8-23)18-32)15-31(14-29)36-4-2-6-38-33-19-26-10-27(20-33)12-28(11-26)21-33/h13-15,23-28,34H,1-12,16-22H2. The molecule has 5 heteroatoms. The van der Waals surface area contributed by atoms with E-state index in [0.717, 1.165) is 78.6 Å². The van der Waals surface area contributed by atoms with Gasteiger partial charge < -0.3 is 24.1 Å². The normalized spacial score (nSPS) is 40.1. The summed E-state index contributed by atoms with van der Waals surface area (Å²) in [6, 6.07) is 5.80. The lowest BCUT2D eigenvalue weighted by molar-refractivity contribution is -0.163. The van der Waals surface area contributed by atoms with Crippen molar-refractivity contribution in [3.8, 4) is 11.5 Å². The second kappa shape index (κ2) is 10.6. The summed E-state index contributed by atoms with van der Waals surface area (Å²) < 4.78 is 25.2. The first kappa shape index (κ1) is 25.7. The van der Waals surface area contributed by atoms with Gasteiger partial charge in [0.1, 0.15) is 11.5 Å². The van der Waals surface area contributed by atoms with E-state index in [1.807, 2.05) is 18.2 Å². The Morgan fingerprint density at radius 1 is 0.553 bits per heavy atom. The van der Waals surface area contributed by atoms with E-state index in [9.17, 15) is 5.11 Å². The first-order valence-electron chi connectivity index (χ1n) is 15.8. The number of benzene rings is 1. The molecule has 9 rings (SSSR count). The molecule has 0 aromatic heterocycles. The minimum atomic E-state index is -0.0160. The fourth-order valence-electron chi connectivity index (χ4n) is 10.4. The number of hydrogen-bond donors (Lipinski definition) is 1. The maximum absolute atomic E-state index is 9.76. The first-order valence-corrected chi connectivity index (χ1v) is 15.8. The Hall–Kier alpha value is -1.30. The molecule has 0 atom stereocenters. The molecule has 0 amide bonds. The monoisotopic (exact) mass is 524 g/mol. The zero-order valence-corrected chi connectivity index (χ0v) is 23.2. The van der Waals surface area contributed by atoms with Gasteiger partial charge in [-0.25, -0.2) is 0 Å². The Balaban J connectivity index is 0.836. The predicted octanol–water partition coefficient (Wildman–Crippen LogP) is 6.69. The van der Waals surface area contributed by atoms with Gasteiger partial charge in [-0.2, -0.15) is 0 Å². The molecule has 210 valence electrons. The van der Waals surface area contributed by atoms with Gasteiger partial charge in [0.05, 0.1) is 44.2 Å². The van der Waals surface area contributed by atoms with Crippen molar-refractivity contribution in [3.63, 3.8) is 0 Å². The van der Waals surface area contributed by atoms with Crippen LogP contribution in [0.15, 0.2) is 18.2 Å². The van der Waals surface area contributed by atoms with E-state index in [0.29, 0.717) is 13.2 Å². The van der Waals surface area contributed by atoms with E-state index >= 15 is 0 Å². The van der Waals surface area contributed by atoms with Gasteiger partial charge in [-0.3, -0.25) is 0 Å². The summed E-state index contributed by atoms with van der Waals surface area (Å²) in [5.74, 6) is 7.04. The van der Waals surface area contributed by atoms with Crippen LogP contribution in [0.3, 0.4) is 0 Å². The quantitative estimate of drug-likeness (QED) is 0.292. The molecule has 0 radical (unpaired) electrons. The van der Waals surface area contributed by atoms with E-state index in [1.165, 1.54) is 77.0 Å². The van der Waals surface area contributed by atoms with Gasteiger partial charge in [-0.15, -0.1) is 0 Å². The summed E-state index contributed by atoms with van der Waals surface area (Å²) in [4.78, 5) is 0. The van der Waals surface area contributed by atoms with Gasteiger partial charge in [0, 0.05) is 18.9 Å². The van der Waals surface area contributed by atoms with E-state index < -0.39 is 0 Å². The highest BCUT2D eigenvalue weighted by molar-refractivity contribution is 5.38. The number of aliphatic hydroxyl groups is 1. The topological polar surface area (TPSA) is 57.2 Å². The molecule has 0 unspecified atom stereocenters. The van der Waals surface area contributed by atoms with E-state index in [4.69, 9.17) is 18.9 Å². The zero-order chi connectivity index (χ0) is 25.6. The highest BCUT2D eigenvalue weighted by atomic mass is 16.5. The summed E-state index contributed by atoms with van der Waals surface area (Å²) in [7, 11) is 0. The molecule has 8 saturated carbocycles. The maximum Gasteiger partial charge on any atom is 0.123 e. The zero-order valence-electron chi connectivity index (χ0n) is 23.2. The first-order chi connectivity index (χ1) is 18.6. The van der Waals surface area contributed by atoms with Crippen LogP contribution in [0.25, 0.3) is 0 Å². The molecule has 1 aromatic carbocycles. The van der Waals surface area contributed by atoms with Crippen molar-refractivity contribution >= 4 is 0 Å². The van der Waals surface area contributed by atoms with Crippen molar-refractivity contribution in [3.05, 3.63) is 23.8 Å². The highest BCUT2D eigenvalue weighted by Crippen LogP contribution is 2.58. The summed E-state index contributed by atoms with van der Waals surface area (Å²) in [5.41, 5.74) is 1.17. The van der Waals surface area contributed by atoms with Crippen molar-refractivity contribution in [2.45, 2.75) is 108 Å². The van der Waals surface area contributed by atoms with Gasteiger partial charge in [-0.1, -0.05) is 0 Å². The van der Waals surface area contributed by atoms with Gasteiger partial charge >= 0.3 is 0 Å². The van der Waals surface area contributed by atoms with Crippen LogP contribution in [0.2, 0.25) is 0 Å². The smallest absolute Gasteiger partial charge is 0.123 e. The molecule has 8 aliphatic carbocycles. The molecule has 1 aromatic rings. The molecule has 0 heterocycles. The van der Waals surface area contributed by atoms with Gasteiger partial charge in [0.2, 0.25) is 0 Å². The Kier molecular flexibility index (Phi) is 7.15. The number of hydrogen-bond acceptors (Lipinski definition) is 5. The highest BCUT2D eigenvalue weighted by Gasteiger charge is 2.52. The lowest BCUT2D eigenvalue weighted by Crippen LogP contribution is -2.52. The van der Waals surface area contributed by atoms with Crippen LogP contribution in [-0.2, 0) is 16.1 Å². The number of rotatable bonds is 13. The van der Waals surface area contributed by atoms with Crippen LogP contribution >= 0.6 is 0 Å². The summed E-state index contributed by atoms with van der Waals surface area (Å²) in [6.45, 7) is 2.79. The lowest BCUT2D eigenvalue weighted by atomic mass is 9.54. The predicted molar refractivity (Wildman–Crippen MR) is 146 cm³/mol. The maximum atomic E-state index is 9.76. The van der Waals surface area contributed by atoms with Crippen LogP contribution in [0.1, 0.15) is 95.5 Å². The summed E-state index contributed by atoms with van der Waals surface area (Å²) in [6.07, 6.45) is 18.2. The van der Waals surface area contributed by atoms with Crippen molar-refractivity contribution < 1.29 is 24.1 Å². The third kappa shape index (κ3) is 5.49. The van der Waals surface area contributed by atoms with Gasteiger partial charge in [-0.05, 0) is 130 Å². The van der Waals surface area contributed by atoms with Crippen LogP contribution in [0.5, 0.6) is 11.5 Å². The number of aliphatic hydroxyl groups excluding tert-OH is 1. The van der Waals surface area contributed by atoms with Crippen LogP contribution in [-0.4, -0.2) is 42.7 Å². The lowest BCUT2D eigenvalue weighted by Gasteiger charge is -2.56. The van der Waals surface area contributed by atoms with Gasteiger partial charge in [0.15, 0.2) is 0 Å². The van der Waals surface area contributed by atoms with Gasteiger partial charge in [0.25, 0.3) is 0 Å². The fraction of sp³-hybridized carbons (Fsp3) is 0.818. The fourth-order valence-corrected chi connectivity index (χ4v) is 10.4. The minimum Gasteiger partial charge on any atom is -0.493 e. The molecule has 0 aliphatic heterocycles. The average Bonchev–Trinajstić information content (AvgIpc) is 2.86. The summed E-state index contributed by atoms with van der Waals surface area (Å²) >= 11 is 0. The second-order valence-corrected chi connectivity index (χ2v) is 14.3. The molecule has 8 aliphatic rings. The Morgan fingerprint density at radius 3 is 1.26 bits per heavy atom. The molecule has 1 N–H and O–H groups in total. The van der Waals surface area contributed by atoms with Crippen molar-refractivity contribution in [2.75, 3.05) is 26.4 Å². The summed E-state index contributed by atoms with van der Waals surface area (Å²) in [5, 5.41) is 9.76. The molecule has 8 bridgehead atoms. The van der Waals surface area contributed by atoms with Crippen molar-refractivity contribution in [2.24, 2.45) is 35.5 Å². The molecule has 5 nitrogen and oxygen atoms in total. The van der Waals surface area contributed by atoms with Crippen molar-refractivity contribution in [1.82, 2.24) is 0 Å². The average molecular weight is 525 g/mol. The van der Waals surface area contributed by atoms with Crippen LogP contribution < -0.4 is 9.47 Å². The number of ether oxygens (including phenoxy) is 4. The van der Waals surface area contributed by atoms with E-state index in [1.54, 1.807) is 0 Å². The molecular formula is C33H48O5.